The van der Waals surface area contributed by atoms with Crippen LogP contribution in [0.15, 0.2) is 0 Å². The summed E-state index contributed by atoms with van der Waals surface area (Å²) in [5.74, 6) is 0.728. The smallest absolute Gasteiger partial charge is 0.138 e. The Morgan fingerprint density at radius 1 is 1.33 bits per heavy atom. The fraction of sp³-hybridized carbons (Fsp3) is 0.917. The molecule has 3 heteroatoms. The number of hydrogen-bond acceptors (Lipinski definition) is 3. The van der Waals surface area contributed by atoms with Crippen molar-refractivity contribution in [2.24, 2.45) is 5.92 Å². The molecule has 1 N–H and O–H groups in total. The Morgan fingerprint density at radius 3 is 2.60 bits per heavy atom. The molecule has 0 aliphatic carbocycles. The number of Topliss-reactive ketones (excluding diaryl/α,β-unsaturated/α-hetero) is 1. The van der Waals surface area contributed by atoms with E-state index in [1.807, 2.05) is 6.92 Å². The predicted molar refractivity (Wildman–Crippen MR) is 58.8 cm³/mol. The molecule has 2 unspecified atom stereocenters. The Bertz CT molecular complexity index is 218. The number of piperidine rings is 1. The minimum Gasteiger partial charge on any atom is -0.381 e. The third kappa shape index (κ3) is 2.79. The van der Waals surface area contributed by atoms with E-state index in [0.717, 1.165) is 12.8 Å². The SMILES string of the molecule is CCOCCC(=O)C1CC2CCC(C1)N2. The van der Waals surface area contributed by atoms with Gasteiger partial charge in [0.05, 0.1) is 6.61 Å². The summed E-state index contributed by atoms with van der Waals surface area (Å²) in [7, 11) is 0. The number of fused-ring (bicyclic) bond motifs is 2. The van der Waals surface area contributed by atoms with Crippen LogP contribution in [0.2, 0.25) is 0 Å². The van der Waals surface area contributed by atoms with E-state index in [1.54, 1.807) is 0 Å². The third-order valence-corrected chi connectivity index (χ3v) is 3.63. The number of ether oxygens (including phenoxy) is 1. The summed E-state index contributed by atoms with van der Waals surface area (Å²) in [5.41, 5.74) is 0. The molecule has 15 heavy (non-hydrogen) atoms. The van der Waals surface area contributed by atoms with Gasteiger partial charge < -0.3 is 10.1 Å². The zero-order chi connectivity index (χ0) is 10.7. The van der Waals surface area contributed by atoms with Gasteiger partial charge in [0.15, 0.2) is 0 Å². The average molecular weight is 211 g/mol. The van der Waals surface area contributed by atoms with Gasteiger partial charge in [-0.3, -0.25) is 4.79 Å². The lowest BCUT2D eigenvalue weighted by atomic mass is 9.88. The van der Waals surface area contributed by atoms with Crippen LogP contribution in [0.25, 0.3) is 0 Å². The summed E-state index contributed by atoms with van der Waals surface area (Å²) in [6, 6.07) is 1.23. The van der Waals surface area contributed by atoms with Crippen molar-refractivity contribution >= 4 is 5.78 Å². The molecule has 2 heterocycles. The molecule has 0 amide bonds. The van der Waals surface area contributed by atoms with Crippen molar-refractivity contribution < 1.29 is 9.53 Å². The summed E-state index contributed by atoms with van der Waals surface area (Å²) >= 11 is 0. The minimum absolute atomic E-state index is 0.309. The van der Waals surface area contributed by atoms with E-state index in [-0.39, 0.29) is 0 Å². The van der Waals surface area contributed by atoms with Crippen LogP contribution in [-0.2, 0) is 9.53 Å². The highest BCUT2D eigenvalue weighted by Crippen LogP contribution is 2.31. The molecule has 2 aliphatic heterocycles. The first-order valence-electron chi connectivity index (χ1n) is 6.16. The standard InChI is InChI=1S/C12H21NO2/c1-2-15-6-5-12(14)9-7-10-3-4-11(8-9)13-10/h9-11,13H,2-8H2,1H3. The molecule has 2 bridgehead atoms. The monoisotopic (exact) mass is 211 g/mol. The van der Waals surface area contributed by atoms with Crippen molar-refractivity contribution in [3.8, 4) is 0 Å². The van der Waals surface area contributed by atoms with Crippen molar-refractivity contribution in [1.82, 2.24) is 5.32 Å². The van der Waals surface area contributed by atoms with Crippen molar-refractivity contribution in [3.05, 3.63) is 0 Å². The Morgan fingerprint density at radius 2 is 2.00 bits per heavy atom. The van der Waals surface area contributed by atoms with E-state index in [1.165, 1.54) is 12.8 Å². The quantitative estimate of drug-likeness (QED) is 0.701. The molecule has 86 valence electrons. The van der Waals surface area contributed by atoms with Crippen LogP contribution < -0.4 is 5.32 Å². The number of nitrogens with one attached hydrogen (secondary N) is 1. The van der Waals surface area contributed by atoms with Crippen molar-refractivity contribution in [3.63, 3.8) is 0 Å². The Kier molecular flexibility index (Phi) is 3.76. The van der Waals surface area contributed by atoms with Crippen LogP contribution in [-0.4, -0.2) is 31.1 Å². The number of ketones is 1. The number of rotatable bonds is 5. The molecular weight excluding hydrogens is 190 g/mol. The first-order valence-corrected chi connectivity index (χ1v) is 6.16. The van der Waals surface area contributed by atoms with E-state index in [2.05, 4.69) is 5.32 Å². The maximum Gasteiger partial charge on any atom is 0.138 e. The molecule has 0 aromatic carbocycles. The molecule has 2 rings (SSSR count). The van der Waals surface area contributed by atoms with Crippen LogP contribution >= 0.6 is 0 Å². The summed E-state index contributed by atoms with van der Waals surface area (Å²) in [4.78, 5) is 11.9. The van der Waals surface area contributed by atoms with Gasteiger partial charge in [0, 0.05) is 31.0 Å². The van der Waals surface area contributed by atoms with E-state index in [4.69, 9.17) is 4.74 Å². The molecule has 0 spiro atoms. The molecule has 2 aliphatic rings. The van der Waals surface area contributed by atoms with Gasteiger partial charge in [-0.05, 0) is 32.6 Å². The topological polar surface area (TPSA) is 38.3 Å². The number of carbonyl (C=O) groups excluding carboxylic acids is 1. The lowest BCUT2D eigenvalue weighted by Crippen LogP contribution is -2.40. The summed E-state index contributed by atoms with van der Waals surface area (Å²) in [5, 5.41) is 3.56. The van der Waals surface area contributed by atoms with E-state index in [9.17, 15) is 4.79 Å². The molecular formula is C12H21NO2. The largest absolute Gasteiger partial charge is 0.381 e. The lowest BCUT2D eigenvalue weighted by molar-refractivity contribution is -0.125. The highest BCUT2D eigenvalue weighted by molar-refractivity contribution is 5.81. The molecule has 3 nitrogen and oxygen atoms in total. The summed E-state index contributed by atoms with van der Waals surface area (Å²) < 4.78 is 5.23. The second kappa shape index (κ2) is 5.08. The van der Waals surface area contributed by atoms with Crippen LogP contribution in [0.5, 0.6) is 0 Å². The Hall–Kier alpha value is -0.410. The predicted octanol–water partition coefficient (Wildman–Crippen LogP) is 1.51. The fourth-order valence-corrected chi connectivity index (χ4v) is 2.84. The number of carbonyl (C=O) groups is 1. The van der Waals surface area contributed by atoms with Gasteiger partial charge in [-0.2, -0.15) is 0 Å². The van der Waals surface area contributed by atoms with Crippen LogP contribution in [0.4, 0.5) is 0 Å². The molecule has 2 saturated heterocycles. The molecule has 0 aromatic heterocycles. The molecule has 0 aromatic rings. The van der Waals surface area contributed by atoms with Gasteiger partial charge in [0.25, 0.3) is 0 Å². The second-order valence-corrected chi connectivity index (χ2v) is 4.72. The van der Waals surface area contributed by atoms with Crippen molar-refractivity contribution in [2.45, 2.75) is 51.1 Å². The third-order valence-electron chi connectivity index (χ3n) is 3.63. The lowest BCUT2D eigenvalue weighted by Gasteiger charge is -2.28. The molecule has 0 radical (unpaired) electrons. The Balaban J connectivity index is 1.76. The van der Waals surface area contributed by atoms with Crippen LogP contribution in [0, 0.1) is 5.92 Å². The van der Waals surface area contributed by atoms with Gasteiger partial charge >= 0.3 is 0 Å². The van der Waals surface area contributed by atoms with Gasteiger partial charge in [-0.1, -0.05) is 0 Å². The zero-order valence-electron chi connectivity index (χ0n) is 9.50. The van der Waals surface area contributed by atoms with E-state index in [0.29, 0.717) is 43.4 Å². The molecule has 2 atom stereocenters. The molecule has 0 saturated carbocycles. The highest BCUT2D eigenvalue weighted by Gasteiger charge is 2.35. The van der Waals surface area contributed by atoms with Gasteiger partial charge in [-0.25, -0.2) is 0 Å². The first kappa shape index (κ1) is 11.1. The van der Waals surface area contributed by atoms with Gasteiger partial charge in [0.1, 0.15) is 5.78 Å². The zero-order valence-corrected chi connectivity index (χ0v) is 9.50. The van der Waals surface area contributed by atoms with E-state index >= 15 is 0 Å². The highest BCUT2D eigenvalue weighted by atomic mass is 16.5. The molecule has 2 fully saturated rings. The van der Waals surface area contributed by atoms with Gasteiger partial charge in [0.2, 0.25) is 0 Å². The van der Waals surface area contributed by atoms with Gasteiger partial charge in [-0.15, -0.1) is 0 Å². The summed E-state index contributed by atoms with van der Waals surface area (Å²) in [6.45, 7) is 3.29. The fourth-order valence-electron chi connectivity index (χ4n) is 2.84. The van der Waals surface area contributed by atoms with Crippen molar-refractivity contribution in [2.75, 3.05) is 13.2 Å². The maximum absolute atomic E-state index is 11.9. The van der Waals surface area contributed by atoms with Crippen LogP contribution in [0.1, 0.15) is 39.0 Å². The second-order valence-electron chi connectivity index (χ2n) is 4.72. The maximum atomic E-state index is 11.9. The Labute approximate surface area is 91.6 Å². The number of hydrogen-bond donors (Lipinski definition) is 1. The average Bonchev–Trinajstić information content (AvgIpc) is 2.58. The normalized spacial score (nSPS) is 34.3. The van der Waals surface area contributed by atoms with E-state index < -0.39 is 0 Å². The summed E-state index contributed by atoms with van der Waals surface area (Å²) in [6.07, 6.45) is 5.25. The van der Waals surface area contributed by atoms with Crippen LogP contribution in [0.3, 0.4) is 0 Å². The van der Waals surface area contributed by atoms with Crippen molar-refractivity contribution in [1.29, 1.82) is 0 Å². The first-order chi connectivity index (χ1) is 7.29. The minimum atomic E-state index is 0.309.